The molecule has 1 fully saturated rings. The van der Waals surface area contributed by atoms with Gasteiger partial charge in [-0.3, -0.25) is 0 Å². The van der Waals surface area contributed by atoms with Gasteiger partial charge in [-0.2, -0.15) is 5.26 Å². The fourth-order valence-corrected chi connectivity index (χ4v) is 2.55. The molecule has 0 aromatic heterocycles. The Morgan fingerprint density at radius 1 is 1.53 bits per heavy atom. The Bertz CT molecular complexity index is 513. The Morgan fingerprint density at radius 3 is 2.79 bits per heavy atom. The van der Waals surface area contributed by atoms with Gasteiger partial charge in [0.1, 0.15) is 16.8 Å². The number of rotatable bonds is 2. The van der Waals surface area contributed by atoms with Gasteiger partial charge in [0.05, 0.1) is 12.7 Å². The van der Waals surface area contributed by atoms with Crippen molar-refractivity contribution < 1.29 is 14.2 Å². The molecule has 1 aliphatic rings. The van der Waals surface area contributed by atoms with Gasteiger partial charge in [-0.15, -0.1) is 0 Å². The van der Waals surface area contributed by atoms with Gasteiger partial charge in [0.15, 0.2) is 0 Å². The van der Waals surface area contributed by atoms with Gasteiger partial charge in [-0.1, -0.05) is 12.1 Å². The first kappa shape index (κ1) is 14.0. The Kier molecular flexibility index (Phi) is 3.62. The maximum Gasteiger partial charge on any atom is 0.126 e. The number of aryl methyl sites for hydroxylation is 1. The molecule has 0 saturated carbocycles. The van der Waals surface area contributed by atoms with Crippen LogP contribution in [0.15, 0.2) is 18.2 Å². The van der Waals surface area contributed by atoms with Crippen molar-refractivity contribution in [2.45, 2.75) is 32.3 Å². The van der Waals surface area contributed by atoms with E-state index >= 15 is 0 Å². The van der Waals surface area contributed by atoms with E-state index in [1.165, 1.54) is 6.07 Å². The van der Waals surface area contributed by atoms with Crippen molar-refractivity contribution in [1.29, 1.82) is 5.26 Å². The molecule has 0 bridgehead atoms. The number of hydrogen-bond donors (Lipinski definition) is 1. The smallest absolute Gasteiger partial charge is 0.126 e. The third-order valence-electron chi connectivity index (χ3n) is 4.12. The number of hydrogen-bond acceptors (Lipinski definition) is 3. The van der Waals surface area contributed by atoms with Crippen LogP contribution in [0, 0.1) is 29.5 Å². The molecule has 3 nitrogen and oxygen atoms in total. The second-order valence-corrected chi connectivity index (χ2v) is 5.39. The highest BCUT2D eigenvalue weighted by molar-refractivity contribution is 5.32. The third kappa shape index (κ3) is 2.24. The van der Waals surface area contributed by atoms with Crippen LogP contribution in [0.5, 0.6) is 0 Å². The van der Waals surface area contributed by atoms with Crippen LogP contribution in [0.4, 0.5) is 4.39 Å². The van der Waals surface area contributed by atoms with E-state index in [1.54, 1.807) is 26.0 Å². The summed E-state index contributed by atoms with van der Waals surface area (Å²) in [6.07, 6.45) is 1.27. The van der Waals surface area contributed by atoms with Crippen molar-refractivity contribution in [2.75, 3.05) is 13.2 Å². The minimum atomic E-state index is -1.43. The second kappa shape index (κ2) is 4.92. The van der Waals surface area contributed by atoms with Crippen LogP contribution >= 0.6 is 0 Å². The average Bonchev–Trinajstić information content (AvgIpc) is 2.42. The molecule has 2 atom stereocenters. The largest absolute Gasteiger partial charge is 0.384 e. The predicted molar refractivity (Wildman–Crippen MR) is 68.8 cm³/mol. The zero-order valence-corrected chi connectivity index (χ0v) is 11.2. The van der Waals surface area contributed by atoms with Crippen LogP contribution in [-0.2, 0) is 10.3 Å². The highest BCUT2D eigenvalue weighted by Gasteiger charge is 2.50. The highest BCUT2D eigenvalue weighted by Crippen LogP contribution is 2.45. The lowest BCUT2D eigenvalue weighted by Crippen LogP contribution is -2.48. The molecule has 1 aliphatic heterocycles. The number of ether oxygens (including phenoxy) is 1. The molecule has 1 aromatic carbocycles. The van der Waals surface area contributed by atoms with Crippen molar-refractivity contribution in [1.82, 2.24) is 0 Å². The lowest BCUT2D eigenvalue weighted by Gasteiger charge is -2.42. The molecule has 1 aromatic rings. The monoisotopic (exact) mass is 263 g/mol. The zero-order valence-electron chi connectivity index (χ0n) is 11.2. The average molecular weight is 263 g/mol. The molecule has 0 aliphatic carbocycles. The fourth-order valence-electron chi connectivity index (χ4n) is 2.55. The lowest BCUT2D eigenvalue weighted by molar-refractivity contribution is -0.113. The molecule has 1 N–H and O–H groups in total. The number of halogens is 1. The lowest BCUT2D eigenvalue weighted by atomic mass is 9.67. The van der Waals surface area contributed by atoms with Gasteiger partial charge < -0.3 is 9.84 Å². The van der Waals surface area contributed by atoms with Crippen molar-refractivity contribution in [3.8, 4) is 6.07 Å². The van der Waals surface area contributed by atoms with Gasteiger partial charge in [0, 0.05) is 6.61 Å². The molecule has 4 heteroatoms. The van der Waals surface area contributed by atoms with E-state index in [0.29, 0.717) is 24.2 Å². The van der Waals surface area contributed by atoms with Crippen LogP contribution in [-0.4, -0.2) is 18.3 Å². The molecule has 0 amide bonds. The zero-order chi connectivity index (χ0) is 14.1. The number of nitriles is 1. The quantitative estimate of drug-likeness (QED) is 0.892. The van der Waals surface area contributed by atoms with Crippen molar-refractivity contribution in [3.05, 3.63) is 35.1 Å². The van der Waals surface area contributed by atoms with E-state index in [1.807, 2.05) is 0 Å². The molecule has 1 heterocycles. The van der Waals surface area contributed by atoms with E-state index in [4.69, 9.17) is 4.74 Å². The Hall–Kier alpha value is -1.44. The summed E-state index contributed by atoms with van der Waals surface area (Å²) in [5, 5.41) is 20.3. The Labute approximate surface area is 112 Å². The molecule has 0 radical (unpaired) electrons. The summed E-state index contributed by atoms with van der Waals surface area (Å²) in [5.74, 6) is -0.373. The summed E-state index contributed by atoms with van der Waals surface area (Å²) in [6, 6.07) is 6.79. The predicted octanol–water partition coefficient (Wildman–Crippen LogP) is 2.66. The first-order valence-corrected chi connectivity index (χ1v) is 6.41. The summed E-state index contributed by atoms with van der Waals surface area (Å²) in [5.41, 5.74) is -1.52. The molecule has 1 saturated heterocycles. The topological polar surface area (TPSA) is 53.2 Å². The fraction of sp³-hybridized carbons (Fsp3) is 0.533. The minimum absolute atomic E-state index is 0.173. The van der Waals surface area contributed by atoms with Crippen molar-refractivity contribution in [3.63, 3.8) is 0 Å². The van der Waals surface area contributed by atoms with Crippen molar-refractivity contribution in [2.24, 2.45) is 5.41 Å². The first-order chi connectivity index (χ1) is 8.93. The normalized spacial score (nSPS) is 26.5. The van der Waals surface area contributed by atoms with E-state index in [2.05, 4.69) is 6.07 Å². The van der Waals surface area contributed by atoms with Crippen LogP contribution < -0.4 is 0 Å². The van der Waals surface area contributed by atoms with Gasteiger partial charge in [0.25, 0.3) is 0 Å². The molecular formula is C15H18FNO2. The second-order valence-electron chi connectivity index (χ2n) is 5.39. The van der Waals surface area contributed by atoms with Gasteiger partial charge in [0.2, 0.25) is 0 Å². The standard InChI is InChI=1S/C15H18FNO2/c1-11-4-5-12(8-13(11)16)14(2,18)15(9-17)6-3-7-19-10-15/h4-5,8,18H,3,6-7,10H2,1-2H3. The summed E-state index contributed by atoms with van der Waals surface area (Å²) >= 11 is 0. The Balaban J connectivity index is 2.45. The van der Waals surface area contributed by atoms with Crippen molar-refractivity contribution >= 4 is 0 Å². The summed E-state index contributed by atoms with van der Waals surface area (Å²) in [7, 11) is 0. The number of nitrogens with zero attached hydrogens (tertiary/aromatic N) is 1. The highest BCUT2D eigenvalue weighted by atomic mass is 19.1. The molecule has 2 rings (SSSR count). The van der Waals surface area contributed by atoms with E-state index in [9.17, 15) is 14.8 Å². The SMILES string of the molecule is Cc1ccc(C(C)(O)C2(C#N)CCCOC2)cc1F. The van der Waals surface area contributed by atoms with E-state index in [0.717, 1.165) is 6.42 Å². The summed E-state index contributed by atoms with van der Waals surface area (Å²) < 4.78 is 19.0. The summed E-state index contributed by atoms with van der Waals surface area (Å²) in [4.78, 5) is 0. The Morgan fingerprint density at radius 2 is 2.26 bits per heavy atom. The molecule has 0 spiro atoms. The third-order valence-corrected chi connectivity index (χ3v) is 4.12. The van der Waals surface area contributed by atoms with Crippen LogP contribution in [0.25, 0.3) is 0 Å². The van der Waals surface area contributed by atoms with Crippen LogP contribution in [0.1, 0.15) is 30.9 Å². The number of aliphatic hydroxyl groups is 1. The van der Waals surface area contributed by atoms with Crippen LogP contribution in [0.2, 0.25) is 0 Å². The number of benzene rings is 1. The minimum Gasteiger partial charge on any atom is -0.384 e. The molecular weight excluding hydrogens is 245 g/mol. The summed E-state index contributed by atoms with van der Waals surface area (Å²) in [6.45, 7) is 4.00. The molecule has 19 heavy (non-hydrogen) atoms. The molecule has 2 unspecified atom stereocenters. The van der Waals surface area contributed by atoms with Gasteiger partial charge >= 0.3 is 0 Å². The van der Waals surface area contributed by atoms with Gasteiger partial charge in [-0.05, 0) is 43.9 Å². The maximum atomic E-state index is 13.7. The van der Waals surface area contributed by atoms with Crippen LogP contribution in [0.3, 0.4) is 0 Å². The van der Waals surface area contributed by atoms with Gasteiger partial charge in [-0.25, -0.2) is 4.39 Å². The maximum absolute atomic E-state index is 13.7. The van der Waals surface area contributed by atoms with E-state index < -0.39 is 11.0 Å². The molecule has 102 valence electrons. The first-order valence-electron chi connectivity index (χ1n) is 6.41. The van der Waals surface area contributed by atoms with E-state index in [-0.39, 0.29) is 12.4 Å².